The van der Waals surface area contributed by atoms with Gasteiger partial charge >= 0.3 is 0 Å². The lowest BCUT2D eigenvalue weighted by atomic mass is 9.99. The Morgan fingerprint density at radius 2 is 1.93 bits per heavy atom. The van der Waals surface area contributed by atoms with Crippen molar-refractivity contribution in [2.75, 3.05) is 13.1 Å². The van der Waals surface area contributed by atoms with E-state index in [1.54, 1.807) is 22.8 Å². The Balaban J connectivity index is 1.92. The number of hydrogen-bond donors (Lipinski definition) is 0. The summed E-state index contributed by atoms with van der Waals surface area (Å²) in [4.78, 5) is 32.4. The Bertz CT molecular complexity index is 904. The summed E-state index contributed by atoms with van der Waals surface area (Å²) in [6.07, 6.45) is 2.10. The SMILES string of the molecule is CC1CCN(C(=O)[C@H](C)Sc2nc3cc(Cl)ccc3c(=O)n2C(C)C)CC1. The molecule has 0 N–H and O–H groups in total. The maximum absolute atomic E-state index is 13.0. The second kappa shape index (κ2) is 8.23. The molecular formula is C20H26ClN3O2S. The largest absolute Gasteiger partial charge is 0.342 e. The number of piperidine rings is 1. The molecule has 0 radical (unpaired) electrons. The summed E-state index contributed by atoms with van der Waals surface area (Å²) in [5.74, 6) is 0.790. The smallest absolute Gasteiger partial charge is 0.262 e. The molecule has 0 spiro atoms. The van der Waals surface area contributed by atoms with E-state index >= 15 is 0 Å². The molecule has 2 aromatic rings. The summed E-state index contributed by atoms with van der Waals surface area (Å²) in [7, 11) is 0. The Morgan fingerprint density at radius 3 is 2.56 bits per heavy atom. The first kappa shape index (κ1) is 20.2. The molecule has 1 aromatic carbocycles. The molecule has 0 aliphatic carbocycles. The van der Waals surface area contributed by atoms with Crippen molar-refractivity contribution in [3.8, 4) is 0 Å². The van der Waals surface area contributed by atoms with Crippen molar-refractivity contribution in [2.24, 2.45) is 5.92 Å². The van der Waals surface area contributed by atoms with Gasteiger partial charge in [0.2, 0.25) is 5.91 Å². The molecule has 1 aliphatic rings. The predicted octanol–water partition coefficient (Wildman–Crippen LogP) is 4.37. The normalized spacial score (nSPS) is 16.9. The fourth-order valence-corrected chi connectivity index (χ4v) is 4.68. The van der Waals surface area contributed by atoms with Crippen LogP contribution >= 0.6 is 23.4 Å². The number of nitrogens with zero attached hydrogens (tertiary/aromatic N) is 3. The molecule has 3 rings (SSSR count). The fourth-order valence-electron chi connectivity index (χ4n) is 3.38. The maximum Gasteiger partial charge on any atom is 0.262 e. The number of rotatable bonds is 4. The van der Waals surface area contributed by atoms with Crippen LogP contribution in [0.4, 0.5) is 0 Å². The minimum atomic E-state index is -0.299. The highest BCUT2D eigenvalue weighted by Crippen LogP contribution is 2.28. The van der Waals surface area contributed by atoms with Crippen molar-refractivity contribution in [3.63, 3.8) is 0 Å². The van der Waals surface area contributed by atoms with E-state index in [9.17, 15) is 9.59 Å². The van der Waals surface area contributed by atoms with Crippen molar-refractivity contribution in [1.29, 1.82) is 0 Å². The number of thioether (sulfide) groups is 1. The molecule has 5 nitrogen and oxygen atoms in total. The second-order valence-corrected chi connectivity index (χ2v) is 9.34. The molecule has 27 heavy (non-hydrogen) atoms. The lowest BCUT2D eigenvalue weighted by Crippen LogP contribution is -2.42. The van der Waals surface area contributed by atoms with Gasteiger partial charge in [0.25, 0.3) is 5.56 Å². The third kappa shape index (κ3) is 4.32. The maximum atomic E-state index is 13.0. The molecule has 1 aliphatic heterocycles. The standard InChI is InChI=1S/C20H26ClN3O2S/c1-12(2)24-19(26)16-6-5-15(21)11-17(16)22-20(24)27-14(4)18(25)23-9-7-13(3)8-10-23/h5-6,11-14H,7-10H2,1-4H3/t14-/m0/s1. The van der Waals surface area contributed by atoms with Crippen LogP contribution in [0.5, 0.6) is 0 Å². The van der Waals surface area contributed by atoms with E-state index in [4.69, 9.17) is 11.6 Å². The van der Waals surface area contributed by atoms with Crippen molar-refractivity contribution < 1.29 is 4.79 Å². The highest BCUT2D eigenvalue weighted by atomic mass is 35.5. The lowest BCUT2D eigenvalue weighted by molar-refractivity contribution is -0.131. The molecule has 0 bridgehead atoms. The zero-order valence-corrected chi connectivity index (χ0v) is 17.8. The highest BCUT2D eigenvalue weighted by molar-refractivity contribution is 8.00. The number of hydrogen-bond acceptors (Lipinski definition) is 4. The summed E-state index contributed by atoms with van der Waals surface area (Å²) in [5, 5.41) is 1.35. The molecule has 2 heterocycles. The van der Waals surface area contributed by atoms with Gasteiger partial charge in [0.1, 0.15) is 0 Å². The number of likely N-dealkylation sites (tertiary alicyclic amines) is 1. The molecule has 7 heteroatoms. The molecule has 0 unspecified atom stereocenters. The van der Waals surface area contributed by atoms with Gasteiger partial charge in [-0.15, -0.1) is 0 Å². The summed E-state index contributed by atoms with van der Waals surface area (Å²) < 4.78 is 1.67. The summed E-state index contributed by atoms with van der Waals surface area (Å²) in [6, 6.07) is 5.06. The topological polar surface area (TPSA) is 55.2 Å². The van der Waals surface area contributed by atoms with Gasteiger partial charge in [0.15, 0.2) is 5.16 Å². The van der Waals surface area contributed by atoms with Crippen LogP contribution in [0.15, 0.2) is 28.2 Å². The van der Waals surface area contributed by atoms with E-state index in [0.717, 1.165) is 25.9 Å². The van der Waals surface area contributed by atoms with Crippen LogP contribution in [0.2, 0.25) is 5.02 Å². The first-order chi connectivity index (χ1) is 12.8. The third-order valence-corrected chi connectivity index (χ3v) is 6.36. The highest BCUT2D eigenvalue weighted by Gasteiger charge is 2.27. The van der Waals surface area contributed by atoms with Gasteiger partial charge in [-0.25, -0.2) is 4.98 Å². The van der Waals surface area contributed by atoms with Crippen LogP contribution in [-0.4, -0.2) is 38.7 Å². The molecule has 1 fully saturated rings. The first-order valence-electron chi connectivity index (χ1n) is 9.45. The summed E-state index contributed by atoms with van der Waals surface area (Å²) in [6.45, 7) is 9.64. The number of carbonyl (C=O) groups is 1. The second-order valence-electron chi connectivity index (χ2n) is 7.59. The summed E-state index contributed by atoms with van der Waals surface area (Å²) >= 11 is 7.43. The fraction of sp³-hybridized carbons (Fsp3) is 0.550. The third-order valence-electron chi connectivity index (χ3n) is 5.07. The van der Waals surface area contributed by atoms with Crippen molar-refractivity contribution in [3.05, 3.63) is 33.6 Å². The number of halogens is 1. The number of aromatic nitrogens is 2. The molecule has 0 saturated carbocycles. The zero-order valence-electron chi connectivity index (χ0n) is 16.2. The Kier molecular flexibility index (Phi) is 6.16. The minimum Gasteiger partial charge on any atom is -0.342 e. The van der Waals surface area contributed by atoms with E-state index in [1.165, 1.54) is 11.8 Å². The van der Waals surface area contributed by atoms with Gasteiger partial charge in [-0.1, -0.05) is 30.3 Å². The average Bonchev–Trinajstić information content (AvgIpc) is 2.61. The van der Waals surface area contributed by atoms with Gasteiger partial charge < -0.3 is 4.90 Å². The average molecular weight is 408 g/mol. The van der Waals surface area contributed by atoms with Crippen LogP contribution in [0.1, 0.15) is 46.6 Å². The number of fused-ring (bicyclic) bond motifs is 1. The van der Waals surface area contributed by atoms with E-state index in [2.05, 4.69) is 11.9 Å². The van der Waals surface area contributed by atoms with Crippen LogP contribution < -0.4 is 5.56 Å². The van der Waals surface area contributed by atoms with E-state index in [-0.39, 0.29) is 22.8 Å². The molecule has 1 amide bonds. The predicted molar refractivity (Wildman–Crippen MR) is 112 cm³/mol. The van der Waals surface area contributed by atoms with Crippen molar-refractivity contribution in [1.82, 2.24) is 14.5 Å². The lowest BCUT2D eigenvalue weighted by Gasteiger charge is -2.32. The van der Waals surface area contributed by atoms with E-state index in [1.807, 2.05) is 25.7 Å². The molecule has 1 atom stereocenters. The Hall–Kier alpha value is -1.53. The van der Waals surface area contributed by atoms with E-state index < -0.39 is 0 Å². The number of amides is 1. The number of benzene rings is 1. The van der Waals surface area contributed by atoms with Crippen LogP contribution in [0.3, 0.4) is 0 Å². The van der Waals surface area contributed by atoms with Gasteiger partial charge in [-0.2, -0.15) is 0 Å². The van der Waals surface area contributed by atoms with Gasteiger partial charge in [-0.05, 0) is 57.7 Å². The Labute approximate surface area is 169 Å². The molecular weight excluding hydrogens is 382 g/mol. The van der Waals surface area contributed by atoms with Gasteiger partial charge in [0.05, 0.1) is 16.2 Å². The zero-order chi connectivity index (χ0) is 19.7. The molecule has 146 valence electrons. The van der Waals surface area contributed by atoms with Crippen LogP contribution in [0, 0.1) is 5.92 Å². The molecule has 1 aromatic heterocycles. The first-order valence-corrected chi connectivity index (χ1v) is 10.7. The quantitative estimate of drug-likeness (QED) is 0.557. The van der Waals surface area contributed by atoms with Crippen LogP contribution in [0.25, 0.3) is 10.9 Å². The monoisotopic (exact) mass is 407 g/mol. The van der Waals surface area contributed by atoms with Gasteiger partial charge in [-0.3, -0.25) is 14.2 Å². The summed E-state index contributed by atoms with van der Waals surface area (Å²) in [5.41, 5.74) is 0.471. The van der Waals surface area contributed by atoms with Crippen LogP contribution in [-0.2, 0) is 4.79 Å². The van der Waals surface area contributed by atoms with E-state index in [0.29, 0.717) is 27.0 Å². The minimum absolute atomic E-state index is 0.0503. The van der Waals surface area contributed by atoms with Crippen molar-refractivity contribution in [2.45, 2.75) is 57.0 Å². The molecule has 1 saturated heterocycles. The van der Waals surface area contributed by atoms with Crippen molar-refractivity contribution >= 4 is 40.2 Å². The Morgan fingerprint density at radius 1 is 1.26 bits per heavy atom. The van der Waals surface area contributed by atoms with Gasteiger partial charge in [0, 0.05) is 24.2 Å². The number of carbonyl (C=O) groups excluding carboxylic acids is 1.